The van der Waals surface area contributed by atoms with E-state index in [0.29, 0.717) is 6.54 Å². The Morgan fingerprint density at radius 3 is 2.56 bits per heavy atom. The molecule has 1 saturated heterocycles. The van der Waals surface area contributed by atoms with Crippen LogP contribution >= 0.6 is 0 Å². The zero-order valence-electron chi connectivity index (χ0n) is 15.7. The molecule has 0 atom stereocenters. The van der Waals surface area contributed by atoms with Crippen molar-refractivity contribution in [3.05, 3.63) is 65.7 Å². The van der Waals surface area contributed by atoms with Crippen molar-refractivity contribution in [1.29, 1.82) is 0 Å². The third-order valence-corrected chi connectivity index (χ3v) is 4.58. The first-order valence-corrected chi connectivity index (χ1v) is 9.17. The summed E-state index contributed by atoms with van der Waals surface area (Å²) in [4.78, 5) is 16.7. The monoisotopic (exact) mass is 366 g/mol. The van der Waals surface area contributed by atoms with E-state index in [0.717, 1.165) is 44.0 Å². The predicted octanol–water partition coefficient (Wildman–Crippen LogP) is 1.96. The number of nitrogens with zero attached hydrogens (tertiary/aromatic N) is 3. The molecule has 2 aromatic rings. The van der Waals surface area contributed by atoms with Crippen LogP contribution in [0.25, 0.3) is 0 Å². The van der Waals surface area contributed by atoms with Crippen LogP contribution in [-0.2, 0) is 11.3 Å². The van der Waals surface area contributed by atoms with E-state index >= 15 is 0 Å². The Bertz CT molecular complexity index is 756. The van der Waals surface area contributed by atoms with Crippen molar-refractivity contribution in [2.24, 2.45) is 5.10 Å². The molecule has 0 unspecified atom stereocenters. The van der Waals surface area contributed by atoms with Gasteiger partial charge in [0.15, 0.2) is 0 Å². The quantitative estimate of drug-likeness (QED) is 0.601. The average molecular weight is 366 g/mol. The Morgan fingerprint density at radius 1 is 1.07 bits per heavy atom. The first kappa shape index (κ1) is 19.1. The lowest BCUT2D eigenvalue weighted by Crippen LogP contribution is -2.48. The van der Waals surface area contributed by atoms with Crippen LogP contribution < -0.4 is 10.2 Å². The van der Waals surface area contributed by atoms with E-state index in [2.05, 4.69) is 44.6 Å². The van der Waals surface area contributed by atoms with Gasteiger partial charge in [-0.05, 0) is 23.3 Å². The Labute approximate surface area is 160 Å². The molecular weight excluding hydrogens is 340 g/mol. The number of carbonyl (C=O) groups is 1. The predicted molar refractivity (Wildman–Crippen MR) is 107 cm³/mol. The number of ether oxygens (including phenoxy) is 1. The van der Waals surface area contributed by atoms with E-state index in [-0.39, 0.29) is 5.91 Å². The third kappa shape index (κ3) is 6.20. The molecule has 3 rings (SSSR count). The normalized spacial score (nSPS) is 15.7. The Balaban J connectivity index is 1.38. The second-order valence-electron chi connectivity index (χ2n) is 6.61. The summed E-state index contributed by atoms with van der Waals surface area (Å²) in [5.41, 5.74) is 4.81. The van der Waals surface area contributed by atoms with Crippen LogP contribution in [0.4, 0.5) is 0 Å². The number of hydrogen-bond acceptors (Lipinski definition) is 5. The highest BCUT2D eigenvalue weighted by atomic mass is 16.5. The second-order valence-corrected chi connectivity index (χ2v) is 6.61. The van der Waals surface area contributed by atoms with Gasteiger partial charge in [0.2, 0.25) is 0 Å². The van der Waals surface area contributed by atoms with Crippen molar-refractivity contribution >= 4 is 12.1 Å². The van der Waals surface area contributed by atoms with Gasteiger partial charge in [-0.1, -0.05) is 42.5 Å². The first-order valence-electron chi connectivity index (χ1n) is 9.17. The van der Waals surface area contributed by atoms with E-state index in [1.165, 1.54) is 5.56 Å². The average Bonchev–Trinajstić information content (AvgIpc) is 2.70. The maximum absolute atomic E-state index is 12.1. The molecule has 0 spiro atoms. The van der Waals surface area contributed by atoms with Gasteiger partial charge in [-0.15, -0.1) is 0 Å². The van der Waals surface area contributed by atoms with Crippen LogP contribution in [-0.4, -0.2) is 61.8 Å². The molecule has 27 heavy (non-hydrogen) atoms. The lowest BCUT2D eigenvalue weighted by molar-refractivity contribution is -0.122. The summed E-state index contributed by atoms with van der Waals surface area (Å²) in [5, 5.41) is 4.04. The molecule has 1 N–H and O–H groups in total. The highest BCUT2D eigenvalue weighted by Crippen LogP contribution is 2.11. The van der Waals surface area contributed by atoms with E-state index in [4.69, 9.17) is 4.74 Å². The molecule has 0 aromatic heterocycles. The second kappa shape index (κ2) is 9.85. The van der Waals surface area contributed by atoms with E-state index in [9.17, 15) is 4.79 Å². The van der Waals surface area contributed by atoms with Crippen molar-refractivity contribution in [3.63, 3.8) is 0 Å². The Morgan fingerprint density at radius 2 is 1.81 bits per heavy atom. The van der Waals surface area contributed by atoms with Gasteiger partial charge in [-0.3, -0.25) is 14.6 Å². The standard InChI is InChI=1S/C21H26N4O2/c1-27-20-9-5-8-19(14-20)15-22-23-21(26)17-25-12-10-24(11-13-25)16-18-6-3-2-4-7-18/h2-9,14-15H,10-13,16-17H2,1H3,(H,23,26)/b22-15-. The van der Waals surface area contributed by atoms with Gasteiger partial charge in [-0.2, -0.15) is 5.10 Å². The van der Waals surface area contributed by atoms with Crippen LogP contribution in [0.5, 0.6) is 5.75 Å². The lowest BCUT2D eigenvalue weighted by atomic mass is 10.2. The smallest absolute Gasteiger partial charge is 0.254 e. The SMILES string of the molecule is COc1cccc(/C=N\NC(=O)CN2CCN(Cc3ccccc3)CC2)c1. The summed E-state index contributed by atoms with van der Waals surface area (Å²) >= 11 is 0. The molecule has 1 fully saturated rings. The van der Waals surface area contributed by atoms with Gasteiger partial charge in [-0.25, -0.2) is 5.43 Å². The maximum atomic E-state index is 12.1. The number of rotatable bonds is 7. The summed E-state index contributed by atoms with van der Waals surface area (Å²) in [5.74, 6) is 0.671. The number of methoxy groups -OCH3 is 1. The number of amides is 1. The summed E-state index contributed by atoms with van der Waals surface area (Å²) < 4.78 is 5.17. The maximum Gasteiger partial charge on any atom is 0.254 e. The Kier molecular flexibility index (Phi) is 6.96. The first-order chi connectivity index (χ1) is 13.2. The Hall–Kier alpha value is -2.70. The molecule has 0 saturated carbocycles. The van der Waals surface area contributed by atoms with Gasteiger partial charge in [0.1, 0.15) is 5.75 Å². The lowest BCUT2D eigenvalue weighted by Gasteiger charge is -2.34. The molecule has 6 heteroatoms. The van der Waals surface area contributed by atoms with Crippen molar-refractivity contribution < 1.29 is 9.53 Å². The summed E-state index contributed by atoms with van der Waals surface area (Å²) in [6, 6.07) is 18.0. The van der Waals surface area contributed by atoms with Gasteiger partial charge < -0.3 is 4.74 Å². The molecule has 1 aliphatic heterocycles. The molecule has 1 aliphatic rings. The summed E-state index contributed by atoms with van der Waals surface area (Å²) in [6.45, 7) is 5.05. The zero-order valence-corrected chi connectivity index (χ0v) is 15.7. The number of hydrazone groups is 1. The summed E-state index contributed by atoms with van der Waals surface area (Å²) in [6.07, 6.45) is 1.62. The number of carbonyl (C=O) groups excluding carboxylic acids is 1. The van der Waals surface area contributed by atoms with E-state index in [1.807, 2.05) is 30.3 Å². The topological polar surface area (TPSA) is 57.2 Å². The minimum atomic E-state index is -0.0920. The minimum absolute atomic E-state index is 0.0920. The molecule has 142 valence electrons. The fourth-order valence-corrected chi connectivity index (χ4v) is 3.09. The number of nitrogens with one attached hydrogen (secondary N) is 1. The summed E-state index contributed by atoms with van der Waals surface area (Å²) in [7, 11) is 1.62. The van der Waals surface area contributed by atoms with Crippen LogP contribution in [0.15, 0.2) is 59.7 Å². The van der Waals surface area contributed by atoms with Crippen molar-refractivity contribution in [2.45, 2.75) is 6.54 Å². The van der Waals surface area contributed by atoms with E-state index < -0.39 is 0 Å². The molecule has 6 nitrogen and oxygen atoms in total. The molecule has 1 heterocycles. The molecule has 0 aliphatic carbocycles. The molecular formula is C21H26N4O2. The van der Waals surface area contributed by atoms with Gasteiger partial charge in [0, 0.05) is 32.7 Å². The minimum Gasteiger partial charge on any atom is -0.497 e. The largest absolute Gasteiger partial charge is 0.497 e. The molecule has 0 radical (unpaired) electrons. The molecule has 0 bridgehead atoms. The fourth-order valence-electron chi connectivity index (χ4n) is 3.09. The fraction of sp³-hybridized carbons (Fsp3) is 0.333. The van der Waals surface area contributed by atoms with E-state index in [1.54, 1.807) is 13.3 Å². The highest BCUT2D eigenvalue weighted by molar-refractivity contribution is 5.83. The van der Waals surface area contributed by atoms with Crippen LogP contribution in [0.3, 0.4) is 0 Å². The van der Waals surface area contributed by atoms with Crippen LogP contribution in [0, 0.1) is 0 Å². The van der Waals surface area contributed by atoms with Gasteiger partial charge in [0.25, 0.3) is 5.91 Å². The van der Waals surface area contributed by atoms with Crippen molar-refractivity contribution in [2.75, 3.05) is 39.8 Å². The van der Waals surface area contributed by atoms with Gasteiger partial charge in [0.05, 0.1) is 19.9 Å². The third-order valence-electron chi connectivity index (χ3n) is 4.58. The van der Waals surface area contributed by atoms with Crippen LogP contribution in [0.2, 0.25) is 0 Å². The number of hydrogen-bond donors (Lipinski definition) is 1. The zero-order chi connectivity index (χ0) is 18.9. The van der Waals surface area contributed by atoms with Crippen LogP contribution in [0.1, 0.15) is 11.1 Å². The van der Waals surface area contributed by atoms with Crippen molar-refractivity contribution in [1.82, 2.24) is 15.2 Å². The van der Waals surface area contributed by atoms with Gasteiger partial charge >= 0.3 is 0 Å². The number of piperazine rings is 1. The van der Waals surface area contributed by atoms with Crippen molar-refractivity contribution in [3.8, 4) is 5.75 Å². The molecule has 2 aromatic carbocycles. The number of benzene rings is 2. The molecule has 1 amide bonds. The highest BCUT2D eigenvalue weighted by Gasteiger charge is 2.18.